The van der Waals surface area contributed by atoms with Crippen molar-refractivity contribution < 1.29 is 14.3 Å². The average molecular weight is 371 g/mol. The molecule has 6 nitrogen and oxygen atoms in total. The van der Waals surface area contributed by atoms with E-state index in [-0.39, 0.29) is 11.9 Å². The lowest BCUT2D eigenvalue weighted by Crippen LogP contribution is -2.31. The summed E-state index contributed by atoms with van der Waals surface area (Å²) < 4.78 is 8.09. The fraction of sp³-hybridized carbons (Fsp3) is 0.316. The molecule has 2 atom stereocenters. The van der Waals surface area contributed by atoms with Crippen LogP contribution in [0, 0.1) is 0 Å². The molecule has 0 saturated heterocycles. The van der Waals surface area contributed by atoms with E-state index in [1.54, 1.807) is 29.9 Å². The summed E-state index contributed by atoms with van der Waals surface area (Å²) in [5.74, 6) is -0.289. The zero-order valence-electron chi connectivity index (χ0n) is 14.9. The summed E-state index contributed by atoms with van der Waals surface area (Å²) >= 11 is 1.35. The number of esters is 1. The number of hydrogen-bond donors (Lipinski definition) is 1. The first kappa shape index (κ1) is 18.1. The van der Waals surface area contributed by atoms with Crippen molar-refractivity contribution >= 4 is 39.1 Å². The van der Waals surface area contributed by atoms with Gasteiger partial charge in [-0.3, -0.25) is 4.79 Å². The summed E-state index contributed by atoms with van der Waals surface area (Å²) in [5, 5.41) is 7.99. The summed E-state index contributed by atoms with van der Waals surface area (Å²) in [6.07, 6.45) is 1.62. The van der Waals surface area contributed by atoms with E-state index in [1.165, 1.54) is 11.3 Å². The predicted molar refractivity (Wildman–Crippen MR) is 103 cm³/mol. The molecule has 0 aliphatic carbocycles. The third-order valence-electron chi connectivity index (χ3n) is 4.21. The Balaban J connectivity index is 1.65. The SMILES string of the molecule is CC[C@@H](C)n1nccc1NC(=O)[C@@H](C)OC(=O)c1cc2ccccc2s1. The Bertz CT molecular complexity index is 898. The van der Waals surface area contributed by atoms with Gasteiger partial charge in [0.1, 0.15) is 10.7 Å². The molecule has 0 aliphatic rings. The fourth-order valence-corrected chi connectivity index (χ4v) is 3.47. The van der Waals surface area contributed by atoms with Crippen LogP contribution in [0.5, 0.6) is 0 Å². The van der Waals surface area contributed by atoms with E-state index < -0.39 is 12.1 Å². The van der Waals surface area contributed by atoms with E-state index in [0.717, 1.165) is 16.5 Å². The lowest BCUT2D eigenvalue weighted by Gasteiger charge is -2.16. The number of amides is 1. The van der Waals surface area contributed by atoms with Crippen LogP contribution in [0.15, 0.2) is 42.6 Å². The zero-order valence-corrected chi connectivity index (χ0v) is 15.7. The molecule has 1 amide bonds. The molecule has 0 spiro atoms. The molecule has 0 saturated carbocycles. The number of nitrogens with zero attached hydrogens (tertiary/aromatic N) is 2. The fourth-order valence-electron chi connectivity index (χ4n) is 2.52. The Labute approximate surface area is 155 Å². The third kappa shape index (κ3) is 3.77. The van der Waals surface area contributed by atoms with Crippen molar-refractivity contribution in [3.8, 4) is 0 Å². The third-order valence-corrected chi connectivity index (χ3v) is 5.31. The predicted octanol–water partition coefficient (Wildman–Crippen LogP) is 4.25. The number of thiophene rings is 1. The molecule has 0 aliphatic heterocycles. The number of fused-ring (bicyclic) bond motifs is 1. The van der Waals surface area contributed by atoms with Crippen molar-refractivity contribution in [2.45, 2.75) is 39.3 Å². The van der Waals surface area contributed by atoms with Gasteiger partial charge in [-0.15, -0.1) is 11.3 Å². The molecule has 0 radical (unpaired) electrons. The molecule has 136 valence electrons. The van der Waals surface area contributed by atoms with Gasteiger partial charge in [-0.05, 0) is 37.8 Å². The molecule has 2 aromatic heterocycles. The molecular formula is C19H21N3O3S. The standard InChI is InChI=1S/C19H21N3O3S/c1-4-12(2)22-17(9-10-20-22)21-18(23)13(3)25-19(24)16-11-14-7-5-6-8-15(14)26-16/h5-13H,4H2,1-3H3,(H,21,23)/t12-,13-/m1/s1. The highest BCUT2D eigenvalue weighted by atomic mass is 32.1. The molecule has 0 unspecified atom stereocenters. The minimum atomic E-state index is -0.909. The van der Waals surface area contributed by atoms with E-state index in [1.807, 2.05) is 38.1 Å². The van der Waals surface area contributed by atoms with Gasteiger partial charge in [0.05, 0.1) is 12.2 Å². The van der Waals surface area contributed by atoms with Crippen LogP contribution >= 0.6 is 11.3 Å². The van der Waals surface area contributed by atoms with Gasteiger partial charge in [0.25, 0.3) is 5.91 Å². The number of ether oxygens (including phenoxy) is 1. The van der Waals surface area contributed by atoms with Crippen molar-refractivity contribution in [1.29, 1.82) is 0 Å². The minimum Gasteiger partial charge on any atom is -0.448 e. The van der Waals surface area contributed by atoms with Gasteiger partial charge in [-0.1, -0.05) is 25.1 Å². The summed E-state index contributed by atoms with van der Waals surface area (Å²) in [5.41, 5.74) is 0. The van der Waals surface area contributed by atoms with E-state index in [2.05, 4.69) is 10.4 Å². The second kappa shape index (κ2) is 7.70. The van der Waals surface area contributed by atoms with Gasteiger partial charge in [0.15, 0.2) is 6.10 Å². The van der Waals surface area contributed by atoms with Crippen molar-refractivity contribution in [2.24, 2.45) is 0 Å². The first-order valence-electron chi connectivity index (χ1n) is 8.53. The molecular weight excluding hydrogens is 350 g/mol. The number of carbonyl (C=O) groups is 2. The monoisotopic (exact) mass is 371 g/mol. The Morgan fingerprint density at radius 2 is 2.04 bits per heavy atom. The Kier molecular flexibility index (Phi) is 5.37. The first-order chi connectivity index (χ1) is 12.5. The summed E-state index contributed by atoms with van der Waals surface area (Å²) in [7, 11) is 0. The number of anilines is 1. The van der Waals surface area contributed by atoms with Crippen LogP contribution in [0.1, 0.15) is 42.9 Å². The number of hydrogen-bond acceptors (Lipinski definition) is 5. The maximum atomic E-state index is 12.4. The van der Waals surface area contributed by atoms with Gasteiger partial charge in [-0.25, -0.2) is 9.48 Å². The number of nitrogens with one attached hydrogen (secondary N) is 1. The topological polar surface area (TPSA) is 73.2 Å². The number of aromatic nitrogens is 2. The van der Waals surface area contributed by atoms with Gasteiger partial charge >= 0.3 is 5.97 Å². The highest BCUT2D eigenvalue weighted by Gasteiger charge is 2.22. The molecule has 3 aromatic rings. The minimum absolute atomic E-state index is 0.164. The number of rotatable bonds is 6. The van der Waals surface area contributed by atoms with Crippen LogP contribution in [0.2, 0.25) is 0 Å². The van der Waals surface area contributed by atoms with E-state index in [9.17, 15) is 9.59 Å². The Hall–Kier alpha value is -2.67. The summed E-state index contributed by atoms with van der Waals surface area (Å²) in [6, 6.07) is 11.4. The van der Waals surface area contributed by atoms with Crippen molar-refractivity contribution in [3.05, 3.63) is 47.5 Å². The molecule has 3 rings (SSSR count). The van der Waals surface area contributed by atoms with E-state index in [0.29, 0.717) is 10.7 Å². The second-order valence-electron chi connectivity index (χ2n) is 6.10. The lowest BCUT2D eigenvalue weighted by atomic mass is 10.2. The van der Waals surface area contributed by atoms with Crippen molar-refractivity contribution in [3.63, 3.8) is 0 Å². The maximum absolute atomic E-state index is 12.4. The molecule has 1 aromatic carbocycles. The highest BCUT2D eigenvalue weighted by molar-refractivity contribution is 7.20. The van der Waals surface area contributed by atoms with Gasteiger partial charge in [0, 0.05) is 10.8 Å². The number of benzene rings is 1. The Morgan fingerprint density at radius 3 is 2.77 bits per heavy atom. The molecule has 2 heterocycles. The molecule has 1 N–H and O–H groups in total. The Morgan fingerprint density at radius 1 is 1.27 bits per heavy atom. The maximum Gasteiger partial charge on any atom is 0.349 e. The van der Waals surface area contributed by atoms with Crippen LogP contribution in [-0.4, -0.2) is 27.8 Å². The molecule has 7 heteroatoms. The largest absolute Gasteiger partial charge is 0.448 e. The molecule has 26 heavy (non-hydrogen) atoms. The van der Waals surface area contributed by atoms with E-state index in [4.69, 9.17) is 4.74 Å². The van der Waals surface area contributed by atoms with Crippen LogP contribution < -0.4 is 5.32 Å². The molecule has 0 bridgehead atoms. The van der Waals surface area contributed by atoms with Gasteiger partial charge in [0.2, 0.25) is 0 Å². The summed E-state index contributed by atoms with van der Waals surface area (Å²) in [6.45, 7) is 5.63. The second-order valence-corrected chi connectivity index (χ2v) is 7.19. The van der Waals surface area contributed by atoms with Gasteiger partial charge in [-0.2, -0.15) is 5.10 Å². The van der Waals surface area contributed by atoms with Crippen molar-refractivity contribution in [1.82, 2.24) is 9.78 Å². The highest BCUT2D eigenvalue weighted by Crippen LogP contribution is 2.26. The number of carbonyl (C=O) groups excluding carboxylic acids is 2. The van der Waals surface area contributed by atoms with Crippen molar-refractivity contribution in [2.75, 3.05) is 5.32 Å². The lowest BCUT2D eigenvalue weighted by molar-refractivity contribution is -0.123. The summed E-state index contributed by atoms with van der Waals surface area (Å²) in [4.78, 5) is 25.2. The smallest absolute Gasteiger partial charge is 0.349 e. The van der Waals surface area contributed by atoms with Crippen LogP contribution in [0.3, 0.4) is 0 Å². The quantitative estimate of drug-likeness (QED) is 0.657. The van der Waals surface area contributed by atoms with Crippen LogP contribution in [-0.2, 0) is 9.53 Å². The zero-order chi connectivity index (χ0) is 18.7. The first-order valence-corrected chi connectivity index (χ1v) is 9.35. The molecule has 0 fully saturated rings. The average Bonchev–Trinajstić information content (AvgIpc) is 3.27. The van der Waals surface area contributed by atoms with Crippen LogP contribution in [0.25, 0.3) is 10.1 Å². The normalized spacial score (nSPS) is 13.3. The van der Waals surface area contributed by atoms with E-state index >= 15 is 0 Å². The van der Waals surface area contributed by atoms with Gasteiger partial charge < -0.3 is 10.1 Å². The van der Waals surface area contributed by atoms with Crippen LogP contribution in [0.4, 0.5) is 5.82 Å².